The maximum absolute atomic E-state index is 11.2. The molecule has 0 aliphatic heterocycles. The van der Waals surface area contributed by atoms with Crippen LogP contribution in [0.3, 0.4) is 0 Å². The number of amides is 1. The average molecular weight is 204 g/mol. The van der Waals surface area contributed by atoms with Crippen LogP contribution in [0.4, 0.5) is 0 Å². The van der Waals surface area contributed by atoms with Gasteiger partial charge in [0.05, 0.1) is 13.2 Å². The van der Waals surface area contributed by atoms with Crippen LogP contribution in [0.15, 0.2) is 0 Å². The van der Waals surface area contributed by atoms with Gasteiger partial charge in [0.2, 0.25) is 5.91 Å². The van der Waals surface area contributed by atoms with Crippen molar-refractivity contribution in [1.82, 2.24) is 5.48 Å². The fourth-order valence-electron chi connectivity index (χ4n) is 0.748. The Hall–Kier alpha value is -0.650. The van der Waals surface area contributed by atoms with Gasteiger partial charge >= 0.3 is 0 Å². The molecule has 0 heterocycles. The molecule has 0 saturated carbocycles. The Kier molecular flexibility index (Phi) is 7.37. The maximum Gasteiger partial charge on any atom is 0.245 e. The predicted molar refractivity (Wildman–Crippen MR) is 53.4 cm³/mol. The first kappa shape index (κ1) is 13.4. The largest absolute Gasteiger partial charge is 0.382 e. The first-order chi connectivity index (χ1) is 6.57. The Balaban J connectivity index is 3.45. The van der Waals surface area contributed by atoms with Crippen LogP contribution in [0.5, 0.6) is 0 Å². The molecule has 1 unspecified atom stereocenters. The lowest BCUT2D eigenvalue weighted by atomic mass is 10.0. The number of hydrogen-bond acceptors (Lipinski definition) is 4. The molecule has 1 amide bonds. The Morgan fingerprint density at radius 2 is 2.07 bits per heavy atom. The van der Waals surface area contributed by atoms with E-state index in [0.29, 0.717) is 19.1 Å². The van der Waals surface area contributed by atoms with Crippen molar-refractivity contribution in [2.24, 2.45) is 11.7 Å². The van der Waals surface area contributed by atoms with Gasteiger partial charge in [-0.2, -0.15) is 0 Å². The molecule has 0 spiro atoms. The Labute approximate surface area is 84.9 Å². The van der Waals surface area contributed by atoms with Gasteiger partial charge in [0.1, 0.15) is 0 Å². The van der Waals surface area contributed by atoms with E-state index in [2.05, 4.69) is 5.48 Å². The highest BCUT2D eigenvalue weighted by Crippen LogP contribution is 2.01. The lowest BCUT2D eigenvalue weighted by molar-refractivity contribution is -0.135. The fraction of sp³-hybridized carbons (Fsp3) is 0.889. The van der Waals surface area contributed by atoms with Gasteiger partial charge in [-0.3, -0.25) is 9.63 Å². The van der Waals surface area contributed by atoms with Gasteiger partial charge in [-0.05, 0) is 5.92 Å². The van der Waals surface area contributed by atoms with Gasteiger partial charge < -0.3 is 10.5 Å². The summed E-state index contributed by atoms with van der Waals surface area (Å²) in [6, 6.07) is -0.124. The molecular formula is C9H20N2O3. The fourth-order valence-corrected chi connectivity index (χ4v) is 0.748. The molecule has 0 aliphatic carbocycles. The van der Waals surface area contributed by atoms with Crippen LogP contribution in [-0.2, 0) is 14.4 Å². The number of rotatable bonds is 7. The Morgan fingerprint density at radius 3 is 2.57 bits per heavy atom. The molecule has 5 nitrogen and oxygen atoms in total. The summed E-state index contributed by atoms with van der Waals surface area (Å²) in [4.78, 5) is 16.0. The number of carbonyl (C=O) groups excluding carboxylic acids is 1. The van der Waals surface area contributed by atoms with Crippen LogP contribution in [0, 0.1) is 5.92 Å². The van der Waals surface area contributed by atoms with E-state index in [4.69, 9.17) is 15.3 Å². The third-order valence-corrected chi connectivity index (χ3v) is 1.85. The summed E-state index contributed by atoms with van der Waals surface area (Å²) >= 11 is 0. The average Bonchev–Trinajstić information content (AvgIpc) is 2.12. The second-order valence-electron chi connectivity index (χ2n) is 3.48. The zero-order valence-corrected chi connectivity index (χ0v) is 9.08. The minimum Gasteiger partial charge on any atom is -0.382 e. The minimum atomic E-state index is -0.192. The SMILES string of the molecule is COCCONC(=O)CC(N)C(C)C. The first-order valence-corrected chi connectivity index (χ1v) is 4.73. The number of carbonyl (C=O) groups is 1. The molecule has 0 rings (SSSR count). The molecule has 0 saturated heterocycles. The van der Waals surface area contributed by atoms with Gasteiger partial charge in [0, 0.05) is 19.6 Å². The van der Waals surface area contributed by atoms with E-state index in [0.717, 1.165) is 0 Å². The molecule has 0 aliphatic rings. The van der Waals surface area contributed by atoms with Crippen LogP contribution in [0.25, 0.3) is 0 Å². The van der Waals surface area contributed by atoms with E-state index in [9.17, 15) is 4.79 Å². The Bertz CT molecular complexity index is 162. The summed E-state index contributed by atoms with van der Waals surface area (Å²) in [5.41, 5.74) is 8.01. The zero-order valence-electron chi connectivity index (χ0n) is 9.08. The van der Waals surface area contributed by atoms with E-state index in [1.54, 1.807) is 7.11 Å². The quantitative estimate of drug-likeness (QED) is 0.454. The number of ether oxygens (including phenoxy) is 1. The van der Waals surface area contributed by atoms with E-state index < -0.39 is 0 Å². The molecule has 0 fully saturated rings. The van der Waals surface area contributed by atoms with Crippen LogP contribution in [-0.4, -0.2) is 32.3 Å². The molecule has 1 atom stereocenters. The standard InChI is InChI=1S/C9H20N2O3/c1-7(2)8(10)6-9(12)11-14-5-4-13-3/h7-8H,4-6,10H2,1-3H3,(H,11,12). The van der Waals surface area contributed by atoms with E-state index in [1.165, 1.54) is 0 Å². The third kappa shape index (κ3) is 6.82. The smallest absolute Gasteiger partial charge is 0.245 e. The summed E-state index contributed by atoms with van der Waals surface area (Å²) in [5.74, 6) is 0.0991. The van der Waals surface area contributed by atoms with E-state index >= 15 is 0 Å². The molecule has 3 N–H and O–H groups in total. The number of hydroxylamine groups is 1. The highest BCUT2D eigenvalue weighted by atomic mass is 16.7. The molecule has 0 aromatic carbocycles. The molecule has 0 radical (unpaired) electrons. The molecule has 14 heavy (non-hydrogen) atoms. The number of hydrogen-bond donors (Lipinski definition) is 2. The third-order valence-electron chi connectivity index (χ3n) is 1.85. The van der Waals surface area contributed by atoms with Crippen molar-refractivity contribution in [2.45, 2.75) is 26.3 Å². The Morgan fingerprint density at radius 1 is 1.43 bits per heavy atom. The summed E-state index contributed by atoms with van der Waals surface area (Å²) in [6.07, 6.45) is 0.282. The lowest BCUT2D eigenvalue weighted by Gasteiger charge is -2.14. The number of nitrogens with one attached hydrogen (secondary N) is 1. The van der Waals surface area contributed by atoms with Crippen molar-refractivity contribution < 1.29 is 14.4 Å². The number of nitrogens with two attached hydrogens (primary N) is 1. The van der Waals surface area contributed by atoms with Crippen molar-refractivity contribution >= 4 is 5.91 Å². The van der Waals surface area contributed by atoms with Crippen molar-refractivity contribution in [3.63, 3.8) is 0 Å². The molecular weight excluding hydrogens is 184 g/mol. The number of methoxy groups -OCH3 is 1. The van der Waals surface area contributed by atoms with Crippen molar-refractivity contribution in [3.8, 4) is 0 Å². The maximum atomic E-state index is 11.2. The van der Waals surface area contributed by atoms with Gasteiger partial charge in [-0.25, -0.2) is 5.48 Å². The van der Waals surface area contributed by atoms with Gasteiger partial charge in [-0.15, -0.1) is 0 Å². The van der Waals surface area contributed by atoms with Crippen molar-refractivity contribution in [2.75, 3.05) is 20.3 Å². The van der Waals surface area contributed by atoms with Crippen molar-refractivity contribution in [1.29, 1.82) is 0 Å². The van der Waals surface area contributed by atoms with Crippen LogP contribution < -0.4 is 11.2 Å². The second-order valence-corrected chi connectivity index (χ2v) is 3.48. The van der Waals surface area contributed by atoms with Gasteiger partial charge in [0.25, 0.3) is 0 Å². The lowest BCUT2D eigenvalue weighted by Crippen LogP contribution is -2.35. The topological polar surface area (TPSA) is 73.6 Å². The van der Waals surface area contributed by atoms with Crippen molar-refractivity contribution in [3.05, 3.63) is 0 Å². The van der Waals surface area contributed by atoms with Crippen LogP contribution >= 0.6 is 0 Å². The summed E-state index contributed by atoms with van der Waals surface area (Å²) in [6.45, 7) is 4.75. The predicted octanol–water partition coefficient (Wildman–Crippen LogP) is 0.0540. The highest BCUT2D eigenvalue weighted by Gasteiger charge is 2.12. The van der Waals surface area contributed by atoms with Crippen LogP contribution in [0.2, 0.25) is 0 Å². The zero-order chi connectivity index (χ0) is 11.0. The second kappa shape index (κ2) is 7.73. The minimum absolute atomic E-state index is 0.124. The summed E-state index contributed by atoms with van der Waals surface area (Å²) < 4.78 is 4.74. The molecule has 84 valence electrons. The monoisotopic (exact) mass is 204 g/mol. The van der Waals surface area contributed by atoms with E-state index in [-0.39, 0.29) is 18.4 Å². The van der Waals surface area contributed by atoms with Gasteiger partial charge in [-0.1, -0.05) is 13.8 Å². The first-order valence-electron chi connectivity index (χ1n) is 4.73. The molecule has 0 aromatic heterocycles. The highest BCUT2D eigenvalue weighted by molar-refractivity contribution is 5.75. The van der Waals surface area contributed by atoms with Crippen LogP contribution in [0.1, 0.15) is 20.3 Å². The molecule has 0 bridgehead atoms. The van der Waals surface area contributed by atoms with Gasteiger partial charge in [0.15, 0.2) is 0 Å². The molecule has 5 heteroatoms. The normalized spacial score (nSPS) is 12.9. The molecule has 0 aromatic rings. The summed E-state index contributed by atoms with van der Waals surface area (Å²) in [7, 11) is 1.57. The van der Waals surface area contributed by atoms with E-state index in [1.807, 2.05) is 13.8 Å². The summed E-state index contributed by atoms with van der Waals surface area (Å²) in [5, 5.41) is 0.